The van der Waals surface area contributed by atoms with E-state index in [0.717, 1.165) is 18.4 Å². The highest BCUT2D eigenvalue weighted by atomic mass is 32.2. The Hall–Kier alpha value is -0.910. The summed E-state index contributed by atoms with van der Waals surface area (Å²) in [5, 5.41) is 3.11. The van der Waals surface area contributed by atoms with Gasteiger partial charge in [0.2, 0.25) is 10.0 Å². The maximum atomic E-state index is 12.8. The highest BCUT2D eigenvalue weighted by Gasteiger charge is 2.26. The lowest BCUT2D eigenvalue weighted by molar-refractivity contribution is 0.354. The highest BCUT2D eigenvalue weighted by Crippen LogP contribution is 2.22. The van der Waals surface area contributed by atoms with E-state index in [1.54, 1.807) is 10.4 Å². The van der Waals surface area contributed by atoms with Gasteiger partial charge in [0.05, 0.1) is 4.90 Å². The quantitative estimate of drug-likeness (QED) is 0.803. The molecule has 1 aromatic carbocycles. The summed E-state index contributed by atoms with van der Waals surface area (Å²) in [6.45, 7) is 9.15. The fourth-order valence-electron chi connectivity index (χ4n) is 2.47. The second-order valence-corrected chi connectivity index (χ2v) is 7.41. The first-order chi connectivity index (χ1) is 9.88. The molecule has 0 fully saturated rings. The molecule has 1 N–H and O–H groups in total. The lowest BCUT2D eigenvalue weighted by Crippen LogP contribution is -2.37. The van der Waals surface area contributed by atoms with E-state index in [9.17, 15) is 8.42 Å². The third kappa shape index (κ3) is 4.28. The number of hydrogen-bond donors (Lipinski definition) is 1. The SMILES string of the molecule is CCCN(C(C)C)S(=O)(=O)c1ccc(CC)c(CNC)c1. The zero-order chi connectivity index (χ0) is 16.0. The van der Waals surface area contributed by atoms with Gasteiger partial charge in [-0.3, -0.25) is 0 Å². The number of aryl methyl sites for hydroxylation is 1. The summed E-state index contributed by atoms with van der Waals surface area (Å²) in [5.41, 5.74) is 2.25. The Kier molecular flexibility index (Phi) is 6.84. The van der Waals surface area contributed by atoms with E-state index in [0.29, 0.717) is 18.0 Å². The average molecular weight is 312 g/mol. The van der Waals surface area contributed by atoms with Crippen LogP contribution in [0.5, 0.6) is 0 Å². The average Bonchev–Trinajstić information content (AvgIpc) is 2.44. The van der Waals surface area contributed by atoms with Crippen molar-refractivity contribution in [2.24, 2.45) is 0 Å². The Balaban J connectivity index is 3.27. The standard InChI is InChI=1S/C16H28N2O2S/c1-6-10-18(13(3)4)21(19,20)16-9-8-14(7-2)15(11-16)12-17-5/h8-9,11,13,17H,6-7,10,12H2,1-5H3. The summed E-state index contributed by atoms with van der Waals surface area (Å²) in [7, 11) is -1.55. The van der Waals surface area contributed by atoms with Gasteiger partial charge in [-0.05, 0) is 57.0 Å². The molecule has 120 valence electrons. The van der Waals surface area contributed by atoms with Crippen LogP contribution in [0.4, 0.5) is 0 Å². The topological polar surface area (TPSA) is 49.4 Å². The van der Waals surface area contributed by atoms with E-state index in [4.69, 9.17) is 0 Å². The van der Waals surface area contributed by atoms with Gasteiger partial charge in [-0.25, -0.2) is 8.42 Å². The van der Waals surface area contributed by atoms with E-state index in [1.807, 2.05) is 40.0 Å². The largest absolute Gasteiger partial charge is 0.316 e. The molecular weight excluding hydrogens is 284 g/mol. The molecule has 0 radical (unpaired) electrons. The van der Waals surface area contributed by atoms with Crippen LogP contribution >= 0.6 is 0 Å². The number of hydrogen-bond acceptors (Lipinski definition) is 3. The fraction of sp³-hybridized carbons (Fsp3) is 0.625. The van der Waals surface area contributed by atoms with Crippen LogP contribution in [0.3, 0.4) is 0 Å². The molecule has 0 heterocycles. The van der Waals surface area contributed by atoms with E-state index in [2.05, 4.69) is 12.2 Å². The first-order valence-electron chi connectivity index (χ1n) is 7.66. The molecule has 0 saturated heterocycles. The van der Waals surface area contributed by atoms with Gasteiger partial charge in [0, 0.05) is 19.1 Å². The Labute approximate surface area is 129 Å². The van der Waals surface area contributed by atoms with Crippen LogP contribution in [-0.2, 0) is 23.0 Å². The van der Waals surface area contributed by atoms with Crippen molar-refractivity contribution in [1.29, 1.82) is 0 Å². The third-order valence-corrected chi connectivity index (χ3v) is 5.62. The van der Waals surface area contributed by atoms with Crippen molar-refractivity contribution in [2.75, 3.05) is 13.6 Å². The molecule has 0 spiro atoms. The van der Waals surface area contributed by atoms with Gasteiger partial charge in [-0.1, -0.05) is 19.9 Å². The minimum Gasteiger partial charge on any atom is -0.316 e. The monoisotopic (exact) mass is 312 g/mol. The van der Waals surface area contributed by atoms with Crippen LogP contribution in [0, 0.1) is 0 Å². The third-order valence-electron chi connectivity index (χ3n) is 3.55. The molecule has 0 aromatic heterocycles. The smallest absolute Gasteiger partial charge is 0.243 e. The second-order valence-electron chi connectivity index (χ2n) is 5.52. The van der Waals surface area contributed by atoms with Crippen molar-refractivity contribution in [2.45, 2.75) is 58.0 Å². The normalized spacial score (nSPS) is 12.3. The van der Waals surface area contributed by atoms with E-state index >= 15 is 0 Å². The van der Waals surface area contributed by atoms with E-state index < -0.39 is 10.0 Å². The van der Waals surface area contributed by atoms with Crippen molar-refractivity contribution in [1.82, 2.24) is 9.62 Å². The van der Waals surface area contributed by atoms with Crippen molar-refractivity contribution in [3.05, 3.63) is 29.3 Å². The molecule has 0 saturated carbocycles. The molecular formula is C16H28N2O2S. The van der Waals surface area contributed by atoms with Crippen LogP contribution in [0.2, 0.25) is 0 Å². The fourth-order valence-corrected chi connectivity index (χ4v) is 4.25. The minimum atomic E-state index is -3.42. The summed E-state index contributed by atoms with van der Waals surface area (Å²) in [4.78, 5) is 0.395. The van der Waals surface area contributed by atoms with Crippen molar-refractivity contribution in [3.8, 4) is 0 Å². The van der Waals surface area contributed by atoms with Gasteiger partial charge in [-0.15, -0.1) is 0 Å². The second kappa shape index (κ2) is 7.92. The zero-order valence-corrected chi connectivity index (χ0v) is 14.6. The van der Waals surface area contributed by atoms with Gasteiger partial charge >= 0.3 is 0 Å². The van der Waals surface area contributed by atoms with E-state index in [-0.39, 0.29) is 6.04 Å². The first kappa shape index (κ1) is 18.1. The van der Waals surface area contributed by atoms with E-state index in [1.165, 1.54) is 5.56 Å². The molecule has 0 atom stereocenters. The predicted octanol–water partition coefficient (Wildman–Crippen LogP) is 2.78. The van der Waals surface area contributed by atoms with Crippen LogP contribution in [-0.4, -0.2) is 32.4 Å². The van der Waals surface area contributed by atoms with Gasteiger partial charge in [-0.2, -0.15) is 4.31 Å². The molecule has 5 heteroatoms. The summed E-state index contributed by atoms with van der Waals surface area (Å²) < 4.78 is 27.2. The van der Waals surface area contributed by atoms with Crippen LogP contribution in [0.25, 0.3) is 0 Å². The van der Waals surface area contributed by atoms with Crippen LogP contribution in [0.15, 0.2) is 23.1 Å². The molecule has 0 amide bonds. The number of nitrogens with one attached hydrogen (secondary N) is 1. The highest BCUT2D eigenvalue weighted by molar-refractivity contribution is 7.89. The molecule has 0 bridgehead atoms. The first-order valence-corrected chi connectivity index (χ1v) is 9.10. The van der Waals surface area contributed by atoms with Gasteiger partial charge in [0.25, 0.3) is 0 Å². The summed E-state index contributed by atoms with van der Waals surface area (Å²) in [6.07, 6.45) is 1.72. The van der Waals surface area contributed by atoms with Gasteiger partial charge in [0.1, 0.15) is 0 Å². The summed E-state index contributed by atoms with van der Waals surface area (Å²) in [6, 6.07) is 5.45. The Bertz CT molecular complexity index is 553. The number of sulfonamides is 1. The Morgan fingerprint density at radius 3 is 2.33 bits per heavy atom. The van der Waals surface area contributed by atoms with Gasteiger partial charge in [0.15, 0.2) is 0 Å². The maximum Gasteiger partial charge on any atom is 0.243 e. The minimum absolute atomic E-state index is 0.0337. The Morgan fingerprint density at radius 1 is 1.19 bits per heavy atom. The number of rotatable bonds is 8. The summed E-state index contributed by atoms with van der Waals surface area (Å²) >= 11 is 0. The van der Waals surface area contributed by atoms with Crippen molar-refractivity contribution < 1.29 is 8.42 Å². The molecule has 0 unspecified atom stereocenters. The number of benzene rings is 1. The lowest BCUT2D eigenvalue weighted by atomic mass is 10.1. The van der Waals surface area contributed by atoms with Gasteiger partial charge < -0.3 is 5.32 Å². The molecule has 1 aromatic rings. The summed E-state index contributed by atoms with van der Waals surface area (Å²) in [5.74, 6) is 0. The zero-order valence-electron chi connectivity index (χ0n) is 13.8. The van der Waals surface area contributed by atoms with Crippen LogP contribution < -0.4 is 5.32 Å². The van der Waals surface area contributed by atoms with Crippen molar-refractivity contribution in [3.63, 3.8) is 0 Å². The molecule has 4 nitrogen and oxygen atoms in total. The lowest BCUT2D eigenvalue weighted by Gasteiger charge is -2.26. The molecule has 21 heavy (non-hydrogen) atoms. The predicted molar refractivity (Wildman–Crippen MR) is 87.9 cm³/mol. The molecule has 0 aliphatic heterocycles. The Morgan fingerprint density at radius 2 is 1.86 bits per heavy atom. The van der Waals surface area contributed by atoms with Crippen LogP contribution in [0.1, 0.15) is 45.2 Å². The molecule has 0 aliphatic rings. The maximum absolute atomic E-state index is 12.8. The number of nitrogens with zero attached hydrogens (tertiary/aromatic N) is 1. The molecule has 0 aliphatic carbocycles. The molecule has 1 rings (SSSR count). The van der Waals surface area contributed by atoms with Crippen molar-refractivity contribution >= 4 is 10.0 Å².